The van der Waals surface area contributed by atoms with Gasteiger partial charge in [-0.05, 0) is 24.8 Å². The fourth-order valence-electron chi connectivity index (χ4n) is 2.84. The third kappa shape index (κ3) is 7.89. The maximum Gasteiger partial charge on any atom is 0.433 e. The lowest BCUT2D eigenvalue weighted by atomic mass is 10.1. The van der Waals surface area contributed by atoms with Crippen molar-refractivity contribution in [2.45, 2.75) is 58.8 Å². The molecule has 1 aromatic rings. The molecular weight excluding hydrogens is 420 g/mol. The summed E-state index contributed by atoms with van der Waals surface area (Å²) in [5.74, 6) is -1.71. The van der Waals surface area contributed by atoms with Crippen molar-refractivity contribution in [1.29, 1.82) is 0 Å². The van der Waals surface area contributed by atoms with Crippen LogP contribution in [-0.4, -0.2) is 47.2 Å². The zero-order valence-electron chi connectivity index (χ0n) is 18.3. The molecule has 32 heavy (non-hydrogen) atoms. The molecule has 3 N–H and O–H groups in total. The zero-order valence-corrected chi connectivity index (χ0v) is 18.3. The minimum Gasteiger partial charge on any atom is -0.445 e. The molecule has 0 radical (unpaired) electrons. The highest BCUT2D eigenvalue weighted by Gasteiger charge is 2.33. The monoisotopic (exact) mass is 448 g/mol. The van der Waals surface area contributed by atoms with Gasteiger partial charge in [0.2, 0.25) is 5.91 Å². The molecule has 0 aromatic heterocycles. The summed E-state index contributed by atoms with van der Waals surface area (Å²) in [5, 5.41) is 7.85. The van der Waals surface area contributed by atoms with Crippen molar-refractivity contribution in [3.8, 4) is 0 Å². The normalized spacial score (nSPS) is 15.2. The van der Waals surface area contributed by atoms with Gasteiger partial charge in [-0.25, -0.2) is 9.59 Å². The van der Waals surface area contributed by atoms with Crippen molar-refractivity contribution < 1.29 is 33.5 Å². The molecule has 11 heteroatoms. The van der Waals surface area contributed by atoms with Crippen molar-refractivity contribution in [1.82, 2.24) is 21.0 Å². The van der Waals surface area contributed by atoms with Crippen LogP contribution < -0.4 is 16.0 Å². The first kappa shape index (κ1) is 24.6. The van der Waals surface area contributed by atoms with E-state index in [4.69, 9.17) is 9.57 Å². The van der Waals surface area contributed by atoms with E-state index in [0.29, 0.717) is 11.5 Å². The van der Waals surface area contributed by atoms with Crippen LogP contribution in [-0.2, 0) is 30.6 Å². The summed E-state index contributed by atoms with van der Waals surface area (Å²) in [6.07, 6.45) is -2.39. The van der Waals surface area contributed by atoms with Gasteiger partial charge in [-0.1, -0.05) is 44.2 Å². The second kappa shape index (κ2) is 11.7. The lowest BCUT2D eigenvalue weighted by molar-refractivity contribution is -0.171. The molecule has 0 bridgehead atoms. The van der Waals surface area contributed by atoms with Crippen LogP contribution in [0, 0.1) is 5.92 Å². The van der Waals surface area contributed by atoms with E-state index < -0.39 is 42.1 Å². The number of nitrogens with one attached hydrogen (secondary N) is 3. The highest BCUT2D eigenvalue weighted by atomic mass is 16.7. The molecular formula is C21H28N4O7. The second-order valence-electron chi connectivity index (χ2n) is 7.72. The first-order valence-corrected chi connectivity index (χ1v) is 10.3. The molecule has 2 atom stereocenters. The Morgan fingerprint density at radius 2 is 1.56 bits per heavy atom. The molecule has 2 rings (SSSR count). The molecule has 5 amide bonds. The Morgan fingerprint density at radius 1 is 0.938 bits per heavy atom. The molecule has 1 heterocycles. The predicted molar refractivity (Wildman–Crippen MR) is 111 cm³/mol. The quantitative estimate of drug-likeness (QED) is 0.384. The number of amides is 5. The number of hydrogen-bond donors (Lipinski definition) is 3. The van der Waals surface area contributed by atoms with E-state index >= 15 is 0 Å². The topological polar surface area (TPSA) is 143 Å². The molecule has 11 nitrogen and oxygen atoms in total. The van der Waals surface area contributed by atoms with E-state index in [-0.39, 0.29) is 25.4 Å². The highest BCUT2D eigenvalue weighted by molar-refractivity contribution is 6.01. The van der Waals surface area contributed by atoms with Gasteiger partial charge >= 0.3 is 12.2 Å². The maximum atomic E-state index is 12.5. The van der Waals surface area contributed by atoms with Gasteiger partial charge in [-0.3, -0.25) is 19.7 Å². The number of carbonyl (C=O) groups excluding carboxylic acids is 5. The van der Waals surface area contributed by atoms with Crippen LogP contribution >= 0.6 is 0 Å². The molecule has 0 saturated carbocycles. The van der Waals surface area contributed by atoms with Crippen LogP contribution in [0.4, 0.5) is 9.59 Å². The van der Waals surface area contributed by atoms with Gasteiger partial charge in [0.05, 0.1) is 0 Å². The van der Waals surface area contributed by atoms with Crippen molar-refractivity contribution in [3.05, 3.63) is 35.9 Å². The van der Waals surface area contributed by atoms with E-state index in [0.717, 1.165) is 5.56 Å². The van der Waals surface area contributed by atoms with Gasteiger partial charge in [0.15, 0.2) is 0 Å². The number of carbonyl (C=O) groups is 5. The van der Waals surface area contributed by atoms with Crippen LogP contribution in [0.2, 0.25) is 0 Å². The molecule has 0 spiro atoms. The number of hydroxylamine groups is 2. The predicted octanol–water partition coefficient (Wildman–Crippen LogP) is 1.58. The highest BCUT2D eigenvalue weighted by Crippen LogP contribution is 2.12. The first-order chi connectivity index (χ1) is 15.2. The molecule has 1 aliphatic rings. The first-order valence-electron chi connectivity index (χ1n) is 10.3. The summed E-state index contributed by atoms with van der Waals surface area (Å²) >= 11 is 0. The summed E-state index contributed by atoms with van der Waals surface area (Å²) in [4.78, 5) is 64.5. The third-order valence-electron chi connectivity index (χ3n) is 4.44. The van der Waals surface area contributed by atoms with Gasteiger partial charge in [-0.15, -0.1) is 5.06 Å². The van der Waals surface area contributed by atoms with E-state index in [1.807, 2.05) is 32.0 Å². The average molecular weight is 448 g/mol. The standard InChI is InChI=1S/C21H28N4O7/c1-13(2)11-16(24-21(30)32-25-17(26)9-10-18(25)27)23-19(28)14(3)22-20(29)31-12-15-7-5-4-6-8-15/h4-8,13-14,16H,9-12H2,1-3H3,(H,22,29)(H,23,28)(H,24,30)/t14-,16-/m0/s1. The van der Waals surface area contributed by atoms with Crippen molar-refractivity contribution in [3.63, 3.8) is 0 Å². The van der Waals surface area contributed by atoms with Crippen molar-refractivity contribution in [2.24, 2.45) is 5.92 Å². The van der Waals surface area contributed by atoms with Crippen LogP contribution in [0.25, 0.3) is 0 Å². The molecule has 174 valence electrons. The number of rotatable bonds is 9. The Labute approximate surface area is 185 Å². The minimum absolute atomic E-state index is 0.0260. The fourth-order valence-corrected chi connectivity index (χ4v) is 2.84. The Balaban J connectivity index is 1.84. The van der Waals surface area contributed by atoms with E-state index in [1.54, 1.807) is 12.1 Å². The van der Waals surface area contributed by atoms with Crippen LogP contribution in [0.5, 0.6) is 0 Å². The number of imide groups is 1. The number of alkyl carbamates (subject to hydrolysis) is 1. The van der Waals surface area contributed by atoms with Gasteiger partial charge in [0.25, 0.3) is 11.8 Å². The lowest BCUT2D eigenvalue weighted by Gasteiger charge is -2.24. The van der Waals surface area contributed by atoms with Crippen molar-refractivity contribution >= 4 is 29.9 Å². The van der Waals surface area contributed by atoms with Gasteiger partial charge in [0.1, 0.15) is 18.8 Å². The second-order valence-corrected chi connectivity index (χ2v) is 7.72. The maximum absolute atomic E-state index is 12.5. The number of benzene rings is 1. The van der Waals surface area contributed by atoms with Gasteiger partial charge in [0, 0.05) is 12.8 Å². The van der Waals surface area contributed by atoms with E-state index in [9.17, 15) is 24.0 Å². The summed E-state index contributed by atoms with van der Waals surface area (Å²) in [6, 6.07) is 8.12. The molecule has 1 aliphatic heterocycles. The van der Waals surface area contributed by atoms with Crippen LogP contribution in [0.1, 0.15) is 45.6 Å². The smallest absolute Gasteiger partial charge is 0.433 e. The van der Waals surface area contributed by atoms with Crippen molar-refractivity contribution in [2.75, 3.05) is 0 Å². The average Bonchev–Trinajstić information content (AvgIpc) is 3.04. The molecule has 1 aromatic carbocycles. The van der Waals surface area contributed by atoms with E-state index in [1.165, 1.54) is 6.92 Å². The van der Waals surface area contributed by atoms with Gasteiger partial charge < -0.3 is 20.2 Å². The summed E-state index contributed by atoms with van der Waals surface area (Å²) in [5.41, 5.74) is 0.800. The molecule has 1 fully saturated rings. The van der Waals surface area contributed by atoms with Crippen LogP contribution in [0.3, 0.4) is 0 Å². The fraction of sp³-hybridized carbons (Fsp3) is 0.476. The summed E-state index contributed by atoms with van der Waals surface area (Å²) < 4.78 is 5.09. The molecule has 0 unspecified atom stereocenters. The van der Waals surface area contributed by atoms with E-state index in [2.05, 4.69) is 16.0 Å². The Bertz CT molecular complexity index is 828. The summed E-state index contributed by atoms with van der Waals surface area (Å²) in [7, 11) is 0. The Hall–Kier alpha value is -3.63. The number of ether oxygens (including phenoxy) is 1. The zero-order chi connectivity index (χ0) is 23.7. The molecule has 0 aliphatic carbocycles. The summed E-state index contributed by atoms with van der Waals surface area (Å²) in [6.45, 7) is 5.27. The number of nitrogens with zero attached hydrogens (tertiary/aromatic N) is 1. The minimum atomic E-state index is -1.05. The van der Waals surface area contributed by atoms with Crippen LogP contribution in [0.15, 0.2) is 30.3 Å². The van der Waals surface area contributed by atoms with Gasteiger partial charge in [-0.2, -0.15) is 0 Å². The Kier molecular flexibility index (Phi) is 8.99. The Morgan fingerprint density at radius 3 is 2.16 bits per heavy atom. The molecule has 1 saturated heterocycles. The largest absolute Gasteiger partial charge is 0.445 e. The number of hydrogen-bond acceptors (Lipinski definition) is 7. The third-order valence-corrected chi connectivity index (χ3v) is 4.44. The SMILES string of the molecule is CC(C)C[C@H](NC(=O)ON1C(=O)CCC1=O)NC(=O)[C@H](C)NC(=O)OCc1ccccc1. The lowest BCUT2D eigenvalue weighted by Crippen LogP contribution is -2.54.